The number of aryl methyl sites for hydroxylation is 3. The number of benzene rings is 1. The zero-order chi connectivity index (χ0) is 15.8. The lowest BCUT2D eigenvalue weighted by molar-refractivity contribution is 0.601. The van der Waals surface area contributed by atoms with E-state index in [1.165, 1.54) is 17.4 Å². The number of nitrogen functional groups attached to an aromatic ring is 1. The molecular weight excluding hydrogens is 306 g/mol. The molecule has 7 heteroatoms. The van der Waals surface area contributed by atoms with Crippen LogP contribution in [-0.4, -0.2) is 13.4 Å². The van der Waals surface area contributed by atoms with Gasteiger partial charge in [-0.15, -0.1) is 11.3 Å². The second-order valence-corrected chi connectivity index (χ2v) is 7.82. The van der Waals surface area contributed by atoms with Crippen LogP contribution in [0.25, 0.3) is 0 Å². The second-order valence-electron chi connectivity index (χ2n) is 4.94. The maximum Gasteiger partial charge on any atom is 0.263 e. The van der Waals surface area contributed by atoms with Crippen molar-refractivity contribution >= 4 is 32.2 Å². The largest absolute Gasteiger partial charge is 0.398 e. The molecule has 0 bridgehead atoms. The average molecular weight is 325 g/mol. The molecule has 0 aliphatic heterocycles. The normalized spacial score (nSPS) is 11.6. The van der Waals surface area contributed by atoms with E-state index >= 15 is 0 Å². The van der Waals surface area contributed by atoms with Gasteiger partial charge in [0.25, 0.3) is 10.0 Å². The van der Waals surface area contributed by atoms with Crippen molar-refractivity contribution in [1.29, 1.82) is 0 Å². The summed E-state index contributed by atoms with van der Waals surface area (Å²) in [7, 11) is -3.67. The van der Waals surface area contributed by atoms with Crippen molar-refractivity contribution in [3.05, 3.63) is 33.8 Å². The van der Waals surface area contributed by atoms with Crippen LogP contribution in [0.15, 0.2) is 17.0 Å². The van der Waals surface area contributed by atoms with Crippen LogP contribution in [0.1, 0.15) is 28.6 Å². The minimum Gasteiger partial charge on any atom is -0.398 e. The lowest BCUT2D eigenvalue weighted by Gasteiger charge is -2.10. The van der Waals surface area contributed by atoms with Gasteiger partial charge < -0.3 is 5.73 Å². The van der Waals surface area contributed by atoms with E-state index in [9.17, 15) is 8.42 Å². The summed E-state index contributed by atoms with van der Waals surface area (Å²) in [4.78, 5) is 5.48. The van der Waals surface area contributed by atoms with Gasteiger partial charge in [-0.2, -0.15) is 0 Å². The number of nitrogens with zero attached hydrogens (tertiary/aromatic N) is 1. The third-order valence-corrected chi connectivity index (χ3v) is 5.82. The van der Waals surface area contributed by atoms with E-state index < -0.39 is 10.0 Å². The van der Waals surface area contributed by atoms with Crippen molar-refractivity contribution in [1.82, 2.24) is 4.98 Å². The van der Waals surface area contributed by atoms with E-state index in [-0.39, 0.29) is 4.90 Å². The third-order valence-electron chi connectivity index (χ3n) is 3.44. The third kappa shape index (κ3) is 3.19. The highest BCUT2D eigenvalue weighted by Gasteiger charge is 2.19. The molecule has 0 amide bonds. The highest BCUT2D eigenvalue weighted by molar-refractivity contribution is 7.93. The van der Waals surface area contributed by atoms with Crippen molar-refractivity contribution in [2.75, 3.05) is 10.5 Å². The van der Waals surface area contributed by atoms with E-state index in [0.29, 0.717) is 10.8 Å². The predicted octanol–water partition coefficient (Wildman–Crippen LogP) is 3.01. The molecule has 0 aliphatic rings. The lowest BCUT2D eigenvalue weighted by Crippen LogP contribution is -2.14. The van der Waals surface area contributed by atoms with Crippen LogP contribution in [0.4, 0.5) is 10.8 Å². The highest BCUT2D eigenvalue weighted by Crippen LogP contribution is 2.27. The Morgan fingerprint density at radius 2 is 1.95 bits per heavy atom. The number of anilines is 2. The first-order chi connectivity index (χ1) is 9.74. The summed E-state index contributed by atoms with van der Waals surface area (Å²) in [5.74, 6) is 0. The van der Waals surface area contributed by atoms with Gasteiger partial charge >= 0.3 is 0 Å². The fraction of sp³-hybridized carbons (Fsp3) is 0.357. The molecule has 0 spiro atoms. The Kier molecular flexibility index (Phi) is 4.25. The quantitative estimate of drug-likeness (QED) is 0.846. The van der Waals surface area contributed by atoms with Crippen molar-refractivity contribution in [2.45, 2.75) is 39.0 Å². The highest BCUT2D eigenvalue weighted by atomic mass is 32.2. The van der Waals surface area contributed by atoms with Gasteiger partial charge in [-0.3, -0.25) is 4.72 Å². The summed E-state index contributed by atoms with van der Waals surface area (Å²) in [5.41, 5.74) is 8.99. The molecule has 1 heterocycles. The van der Waals surface area contributed by atoms with Gasteiger partial charge in [0.05, 0.1) is 10.6 Å². The first-order valence-electron chi connectivity index (χ1n) is 6.60. The van der Waals surface area contributed by atoms with Crippen molar-refractivity contribution in [3.63, 3.8) is 0 Å². The molecule has 1 aromatic heterocycles. The van der Waals surface area contributed by atoms with Crippen LogP contribution in [0.2, 0.25) is 0 Å². The average Bonchev–Trinajstić information content (AvgIpc) is 2.74. The molecular formula is C14H19N3O2S2. The first-order valence-corrected chi connectivity index (χ1v) is 8.90. The minimum atomic E-state index is -3.67. The molecule has 2 rings (SSSR count). The monoisotopic (exact) mass is 325 g/mol. The van der Waals surface area contributed by atoms with E-state index in [1.54, 1.807) is 6.07 Å². The zero-order valence-corrected chi connectivity index (χ0v) is 14.2. The van der Waals surface area contributed by atoms with Crippen molar-refractivity contribution in [3.8, 4) is 0 Å². The van der Waals surface area contributed by atoms with Gasteiger partial charge in [0, 0.05) is 10.6 Å². The van der Waals surface area contributed by atoms with Crippen LogP contribution in [0, 0.1) is 20.8 Å². The number of aromatic nitrogens is 1. The first kappa shape index (κ1) is 15.8. The molecule has 0 atom stereocenters. The number of rotatable bonds is 4. The Morgan fingerprint density at radius 3 is 2.48 bits per heavy atom. The van der Waals surface area contributed by atoms with Crippen molar-refractivity contribution in [2.24, 2.45) is 0 Å². The van der Waals surface area contributed by atoms with Gasteiger partial charge in [-0.25, -0.2) is 13.4 Å². The van der Waals surface area contributed by atoms with E-state index in [0.717, 1.165) is 28.1 Å². The lowest BCUT2D eigenvalue weighted by atomic mass is 10.1. The Morgan fingerprint density at radius 1 is 1.29 bits per heavy atom. The maximum atomic E-state index is 12.4. The zero-order valence-electron chi connectivity index (χ0n) is 12.5. The fourth-order valence-corrected chi connectivity index (χ4v) is 4.24. The molecule has 0 unspecified atom stereocenters. The molecule has 0 saturated carbocycles. The summed E-state index contributed by atoms with van der Waals surface area (Å²) in [6.07, 6.45) is 0.778. The molecule has 0 saturated heterocycles. The predicted molar refractivity (Wildman–Crippen MR) is 87.4 cm³/mol. The summed E-state index contributed by atoms with van der Waals surface area (Å²) >= 11 is 1.34. The van der Waals surface area contributed by atoms with Gasteiger partial charge in [0.1, 0.15) is 0 Å². The van der Waals surface area contributed by atoms with Gasteiger partial charge in [-0.1, -0.05) is 6.92 Å². The molecule has 3 N–H and O–H groups in total. The van der Waals surface area contributed by atoms with Crippen LogP contribution >= 0.6 is 11.3 Å². The van der Waals surface area contributed by atoms with Crippen LogP contribution in [0.5, 0.6) is 0 Å². The van der Waals surface area contributed by atoms with Crippen LogP contribution < -0.4 is 10.5 Å². The summed E-state index contributed by atoms with van der Waals surface area (Å²) < 4.78 is 27.4. The van der Waals surface area contributed by atoms with Gasteiger partial charge in [-0.05, 0) is 50.5 Å². The Balaban J connectivity index is 2.38. The van der Waals surface area contributed by atoms with E-state index in [1.807, 2.05) is 27.7 Å². The standard InChI is InChI=1S/C14H19N3O2S2/c1-5-13-10(4)20-14(16-13)17-21(18,19)11-6-8(2)9(3)12(15)7-11/h6-7H,5,15H2,1-4H3,(H,16,17). The molecule has 5 nitrogen and oxygen atoms in total. The summed E-state index contributed by atoms with van der Waals surface area (Å²) in [6.45, 7) is 7.63. The molecule has 114 valence electrons. The summed E-state index contributed by atoms with van der Waals surface area (Å²) in [5, 5.41) is 0.390. The Hall–Kier alpha value is -1.60. The minimum absolute atomic E-state index is 0.161. The molecule has 2 aromatic rings. The number of sulfonamides is 1. The van der Waals surface area contributed by atoms with Gasteiger partial charge in [0.15, 0.2) is 5.13 Å². The molecule has 1 aromatic carbocycles. The molecule has 0 fully saturated rings. The Labute approximate surface area is 129 Å². The SMILES string of the molecule is CCc1nc(NS(=O)(=O)c2cc(C)c(C)c(N)c2)sc1C. The van der Waals surface area contributed by atoms with Crippen LogP contribution in [-0.2, 0) is 16.4 Å². The number of nitrogens with two attached hydrogens (primary N) is 1. The number of nitrogens with one attached hydrogen (secondary N) is 1. The Bertz CT molecular complexity index is 757. The molecule has 0 aliphatic carbocycles. The van der Waals surface area contributed by atoms with Crippen LogP contribution in [0.3, 0.4) is 0 Å². The maximum absolute atomic E-state index is 12.4. The molecule has 21 heavy (non-hydrogen) atoms. The van der Waals surface area contributed by atoms with Gasteiger partial charge in [0.2, 0.25) is 0 Å². The second kappa shape index (κ2) is 5.65. The number of thiazole rings is 1. The van der Waals surface area contributed by atoms with E-state index in [2.05, 4.69) is 9.71 Å². The summed E-state index contributed by atoms with van der Waals surface area (Å²) in [6, 6.07) is 3.10. The molecule has 0 radical (unpaired) electrons. The van der Waals surface area contributed by atoms with Crippen molar-refractivity contribution < 1.29 is 8.42 Å². The smallest absolute Gasteiger partial charge is 0.263 e. The number of hydrogen-bond donors (Lipinski definition) is 2. The fourth-order valence-electron chi connectivity index (χ4n) is 1.98. The van der Waals surface area contributed by atoms with E-state index in [4.69, 9.17) is 5.73 Å². The topological polar surface area (TPSA) is 85.1 Å². The number of hydrogen-bond acceptors (Lipinski definition) is 5.